The maximum atomic E-state index is 4.47. The number of hydrogen-bond donors (Lipinski definition) is 0. The van der Waals surface area contributed by atoms with Gasteiger partial charge in [0.05, 0.1) is 12.2 Å². The smallest absolute Gasteiger partial charge is 0.131 e. The van der Waals surface area contributed by atoms with Crippen LogP contribution in [0.1, 0.15) is 27.8 Å². The minimum Gasteiger partial charge on any atom is -0.300 e. The summed E-state index contributed by atoms with van der Waals surface area (Å²) in [6.07, 6.45) is 1.09. The van der Waals surface area contributed by atoms with Crippen molar-refractivity contribution in [3.63, 3.8) is 0 Å². The predicted octanol–water partition coefficient (Wildman–Crippen LogP) is 2.18. The Kier molecular flexibility index (Phi) is 4.66. The predicted molar refractivity (Wildman–Crippen MR) is 77.3 cm³/mol. The molecule has 2 aromatic heterocycles. The fourth-order valence-electron chi connectivity index (χ4n) is 2.10. The molecule has 0 atom stereocenters. The van der Waals surface area contributed by atoms with Crippen molar-refractivity contribution in [3.05, 3.63) is 27.5 Å². The van der Waals surface area contributed by atoms with Crippen molar-refractivity contribution in [2.24, 2.45) is 0 Å². The minimum absolute atomic E-state index is 0.878. The SMILES string of the molecule is Cc1cc(C)n(CCCN(C)Cc2nnc(C)s2)n1. The topological polar surface area (TPSA) is 46.8 Å². The van der Waals surface area contributed by atoms with Crippen molar-refractivity contribution < 1.29 is 0 Å². The Balaban J connectivity index is 1.75. The van der Waals surface area contributed by atoms with Crippen LogP contribution in [0, 0.1) is 20.8 Å². The number of nitrogens with zero attached hydrogens (tertiary/aromatic N) is 5. The quantitative estimate of drug-likeness (QED) is 0.813. The molecule has 2 heterocycles. The monoisotopic (exact) mass is 279 g/mol. The van der Waals surface area contributed by atoms with Crippen LogP contribution in [0.25, 0.3) is 0 Å². The van der Waals surface area contributed by atoms with Gasteiger partial charge in [0.1, 0.15) is 10.0 Å². The van der Waals surface area contributed by atoms with Gasteiger partial charge in [0.15, 0.2) is 0 Å². The van der Waals surface area contributed by atoms with Crippen molar-refractivity contribution in [1.29, 1.82) is 0 Å². The Morgan fingerprint density at radius 3 is 2.63 bits per heavy atom. The molecule has 0 N–H and O–H groups in total. The first kappa shape index (κ1) is 14.1. The van der Waals surface area contributed by atoms with Gasteiger partial charge in [0, 0.05) is 18.8 Å². The molecule has 0 aliphatic carbocycles. The minimum atomic E-state index is 0.878. The van der Waals surface area contributed by atoms with Crippen molar-refractivity contribution >= 4 is 11.3 Å². The van der Waals surface area contributed by atoms with Gasteiger partial charge in [0.25, 0.3) is 0 Å². The number of aromatic nitrogens is 4. The van der Waals surface area contributed by atoms with Crippen LogP contribution in [0.5, 0.6) is 0 Å². The van der Waals surface area contributed by atoms with E-state index in [0.717, 1.165) is 41.8 Å². The maximum absolute atomic E-state index is 4.47. The average Bonchev–Trinajstić information content (AvgIpc) is 2.86. The second-order valence-electron chi connectivity index (χ2n) is 4.96. The molecule has 0 radical (unpaired) electrons. The molecule has 2 rings (SSSR count). The molecule has 0 aromatic carbocycles. The standard InChI is InChI=1S/C13H21N5S/c1-10-8-11(2)18(16-10)7-5-6-17(4)9-13-15-14-12(3)19-13/h8H,5-7,9H2,1-4H3. The summed E-state index contributed by atoms with van der Waals surface area (Å²) in [5, 5.41) is 14.8. The lowest BCUT2D eigenvalue weighted by Crippen LogP contribution is -2.20. The van der Waals surface area contributed by atoms with Crippen LogP contribution >= 0.6 is 11.3 Å². The first-order valence-corrected chi connectivity index (χ1v) is 7.35. The fourth-order valence-corrected chi connectivity index (χ4v) is 2.89. The third kappa shape index (κ3) is 4.11. The molecular formula is C13H21N5S. The summed E-state index contributed by atoms with van der Waals surface area (Å²) in [5.74, 6) is 0. The summed E-state index contributed by atoms with van der Waals surface area (Å²) in [5.41, 5.74) is 2.33. The Morgan fingerprint density at radius 2 is 2.05 bits per heavy atom. The molecule has 19 heavy (non-hydrogen) atoms. The van der Waals surface area contributed by atoms with Gasteiger partial charge in [-0.1, -0.05) is 0 Å². The Bertz CT molecular complexity index is 531. The summed E-state index contributed by atoms with van der Waals surface area (Å²) in [7, 11) is 2.12. The summed E-state index contributed by atoms with van der Waals surface area (Å²) >= 11 is 1.67. The molecule has 6 heteroatoms. The van der Waals surface area contributed by atoms with Gasteiger partial charge in [-0.25, -0.2) is 0 Å². The van der Waals surface area contributed by atoms with Crippen LogP contribution < -0.4 is 0 Å². The van der Waals surface area contributed by atoms with E-state index in [1.165, 1.54) is 5.69 Å². The van der Waals surface area contributed by atoms with Crippen LogP contribution in [0.15, 0.2) is 6.07 Å². The highest BCUT2D eigenvalue weighted by Crippen LogP contribution is 2.10. The molecule has 5 nitrogen and oxygen atoms in total. The molecule has 2 aromatic rings. The van der Waals surface area contributed by atoms with Crippen LogP contribution in [0.3, 0.4) is 0 Å². The normalized spacial score (nSPS) is 11.4. The van der Waals surface area contributed by atoms with E-state index in [0.29, 0.717) is 0 Å². The zero-order chi connectivity index (χ0) is 13.8. The summed E-state index contributed by atoms with van der Waals surface area (Å²) in [4.78, 5) is 2.28. The van der Waals surface area contributed by atoms with Crippen LogP contribution in [0.2, 0.25) is 0 Å². The molecule has 0 amide bonds. The van der Waals surface area contributed by atoms with Crippen LogP contribution in [-0.4, -0.2) is 38.5 Å². The van der Waals surface area contributed by atoms with E-state index in [1.807, 2.05) is 13.8 Å². The summed E-state index contributed by atoms with van der Waals surface area (Å²) < 4.78 is 2.08. The molecule has 0 saturated heterocycles. The first-order chi connectivity index (χ1) is 9.04. The number of rotatable bonds is 6. The highest BCUT2D eigenvalue weighted by atomic mass is 32.1. The van der Waals surface area contributed by atoms with Gasteiger partial charge in [-0.2, -0.15) is 5.10 Å². The molecular weight excluding hydrogens is 258 g/mol. The fraction of sp³-hybridized carbons (Fsp3) is 0.615. The van der Waals surface area contributed by atoms with E-state index in [-0.39, 0.29) is 0 Å². The molecule has 0 fully saturated rings. The van der Waals surface area contributed by atoms with Crippen molar-refractivity contribution in [1.82, 2.24) is 24.9 Å². The Hall–Kier alpha value is -1.27. The van der Waals surface area contributed by atoms with Crippen molar-refractivity contribution in [2.45, 2.75) is 40.3 Å². The van der Waals surface area contributed by atoms with E-state index >= 15 is 0 Å². The molecule has 0 bridgehead atoms. The third-order valence-electron chi connectivity index (χ3n) is 2.99. The van der Waals surface area contributed by atoms with Gasteiger partial charge in [-0.15, -0.1) is 21.5 Å². The second-order valence-corrected chi connectivity index (χ2v) is 6.22. The number of hydrogen-bond acceptors (Lipinski definition) is 5. The Morgan fingerprint density at radius 1 is 1.26 bits per heavy atom. The molecule has 104 valence electrons. The average molecular weight is 279 g/mol. The third-order valence-corrected chi connectivity index (χ3v) is 3.81. The highest BCUT2D eigenvalue weighted by Gasteiger charge is 2.06. The van der Waals surface area contributed by atoms with E-state index in [1.54, 1.807) is 11.3 Å². The van der Waals surface area contributed by atoms with E-state index < -0.39 is 0 Å². The zero-order valence-corrected chi connectivity index (χ0v) is 12.9. The van der Waals surface area contributed by atoms with Crippen molar-refractivity contribution in [2.75, 3.05) is 13.6 Å². The van der Waals surface area contributed by atoms with Gasteiger partial charge >= 0.3 is 0 Å². The summed E-state index contributed by atoms with van der Waals surface area (Å²) in [6.45, 7) is 9.02. The van der Waals surface area contributed by atoms with Crippen molar-refractivity contribution in [3.8, 4) is 0 Å². The lowest BCUT2D eigenvalue weighted by atomic mass is 10.3. The van der Waals surface area contributed by atoms with Gasteiger partial charge in [-0.3, -0.25) is 9.58 Å². The zero-order valence-electron chi connectivity index (χ0n) is 12.1. The lowest BCUT2D eigenvalue weighted by Gasteiger charge is -2.14. The first-order valence-electron chi connectivity index (χ1n) is 6.53. The molecule has 0 spiro atoms. The van der Waals surface area contributed by atoms with E-state index in [2.05, 4.69) is 44.9 Å². The van der Waals surface area contributed by atoms with Gasteiger partial charge in [-0.05, 0) is 40.3 Å². The van der Waals surface area contributed by atoms with Gasteiger partial charge in [0.2, 0.25) is 0 Å². The number of aryl methyl sites for hydroxylation is 4. The molecule has 0 aliphatic rings. The largest absolute Gasteiger partial charge is 0.300 e. The highest BCUT2D eigenvalue weighted by molar-refractivity contribution is 7.11. The molecule has 0 unspecified atom stereocenters. The van der Waals surface area contributed by atoms with E-state index in [9.17, 15) is 0 Å². The Labute approximate surface area is 118 Å². The lowest BCUT2D eigenvalue weighted by molar-refractivity contribution is 0.309. The summed E-state index contributed by atoms with van der Waals surface area (Å²) in [6, 6.07) is 2.12. The maximum Gasteiger partial charge on any atom is 0.131 e. The second kappa shape index (κ2) is 6.25. The van der Waals surface area contributed by atoms with Gasteiger partial charge < -0.3 is 0 Å². The van der Waals surface area contributed by atoms with E-state index in [4.69, 9.17) is 0 Å². The molecule has 0 saturated carbocycles. The van der Waals surface area contributed by atoms with Crippen LogP contribution in [0.4, 0.5) is 0 Å². The van der Waals surface area contributed by atoms with Crippen LogP contribution in [-0.2, 0) is 13.1 Å². The molecule has 0 aliphatic heterocycles.